The van der Waals surface area contributed by atoms with Gasteiger partial charge >= 0.3 is 0 Å². The summed E-state index contributed by atoms with van der Waals surface area (Å²) in [6, 6.07) is 8.04. The Morgan fingerprint density at radius 3 is 3.27 bits per heavy atom. The predicted octanol–water partition coefficient (Wildman–Crippen LogP) is 1.56. The third kappa shape index (κ3) is 2.14. The van der Waals surface area contributed by atoms with Gasteiger partial charge in [-0.15, -0.1) is 0 Å². The Bertz CT molecular complexity index is 495. The second-order valence-corrected chi connectivity index (χ2v) is 3.49. The molecule has 1 aromatic heterocycles. The van der Waals surface area contributed by atoms with E-state index in [1.54, 1.807) is 6.33 Å². The van der Waals surface area contributed by atoms with Gasteiger partial charge in [0.15, 0.2) is 0 Å². The summed E-state index contributed by atoms with van der Waals surface area (Å²) >= 11 is 0. The number of hydrogen-bond acceptors (Lipinski definition) is 3. The van der Waals surface area contributed by atoms with E-state index in [9.17, 15) is 0 Å². The number of nitrogens with one attached hydrogen (secondary N) is 2. The van der Waals surface area contributed by atoms with Crippen LogP contribution in [0.1, 0.15) is 12.5 Å². The van der Waals surface area contributed by atoms with Crippen LogP contribution in [-0.2, 0) is 6.54 Å². The summed E-state index contributed by atoms with van der Waals surface area (Å²) in [5.41, 5.74) is 3.14. The minimum absolute atomic E-state index is 0.123. The van der Waals surface area contributed by atoms with Crippen LogP contribution < -0.4 is 5.32 Å². The number of aromatic nitrogens is 2. The summed E-state index contributed by atoms with van der Waals surface area (Å²) in [5.74, 6) is 0. The second kappa shape index (κ2) is 4.11. The smallest absolute Gasteiger partial charge is 0.0931 e. The molecule has 0 amide bonds. The van der Waals surface area contributed by atoms with Crippen molar-refractivity contribution in [3.05, 3.63) is 30.1 Å². The molecule has 1 heterocycles. The molecule has 0 fully saturated rings. The minimum Gasteiger partial charge on any atom is -0.345 e. The molecule has 1 aromatic carbocycles. The van der Waals surface area contributed by atoms with E-state index in [1.165, 1.54) is 0 Å². The van der Waals surface area contributed by atoms with Gasteiger partial charge in [-0.1, -0.05) is 6.07 Å². The average Bonchev–Trinajstić information content (AvgIpc) is 2.72. The van der Waals surface area contributed by atoms with Gasteiger partial charge in [-0.05, 0) is 24.6 Å². The molecule has 4 heteroatoms. The first kappa shape index (κ1) is 9.69. The first-order valence-corrected chi connectivity index (χ1v) is 4.84. The molecule has 4 nitrogen and oxygen atoms in total. The van der Waals surface area contributed by atoms with Crippen molar-refractivity contribution < 1.29 is 0 Å². The number of nitriles is 1. The molecule has 2 N–H and O–H groups in total. The quantitative estimate of drug-likeness (QED) is 0.790. The molecular weight excluding hydrogens is 188 g/mol. The molecule has 0 spiro atoms. The molecule has 1 atom stereocenters. The van der Waals surface area contributed by atoms with E-state index in [0.717, 1.165) is 16.6 Å². The number of H-pyrrole nitrogens is 1. The van der Waals surface area contributed by atoms with E-state index in [1.807, 2.05) is 25.1 Å². The number of nitrogens with zero attached hydrogens (tertiary/aromatic N) is 2. The van der Waals surface area contributed by atoms with Gasteiger partial charge in [-0.3, -0.25) is 5.32 Å². The van der Waals surface area contributed by atoms with E-state index in [2.05, 4.69) is 21.4 Å². The molecule has 76 valence electrons. The molecule has 0 bridgehead atoms. The van der Waals surface area contributed by atoms with Crippen LogP contribution >= 0.6 is 0 Å². The van der Waals surface area contributed by atoms with Crippen LogP contribution in [0.5, 0.6) is 0 Å². The van der Waals surface area contributed by atoms with Gasteiger partial charge in [-0.25, -0.2) is 4.98 Å². The van der Waals surface area contributed by atoms with Gasteiger partial charge in [-0.2, -0.15) is 5.26 Å². The van der Waals surface area contributed by atoms with Gasteiger partial charge < -0.3 is 4.98 Å². The van der Waals surface area contributed by atoms with E-state index in [0.29, 0.717) is 6.54 Å². The topological polar surface area (TPSA) is 64.5 Å². The molecule has 0 aliphatic heterocycles. The standard InChI is InChI=1S/C11H12N4/c1-8(5-12)13-6-9-2-3-10-11(4-9)15-7-14-10/h2-4,7-8,13H,6H2,1H3,(H,14,15). The lowest BCUT2D eigenvalue weighted by Crippen LogP contribution is -2.23. The summed E-state index contributed by atoms with van der Waals surface area (Å²) in [5, 5.41) is 11.7. The second-order valence-electron chi connectivity index (χ2n) is 3.49. The largest absolute Gasteiger partial charge is 0.345 e. The fourth-order valence-electron chi connectivity index (χ4n) is 1.41. The zero-order chi connectivity index (χ0) is 10.7. The third-order valence-corrected chi connectivity index (χ3v) is 2.29. The Balaban J connectivity index is 2.12. The Hall–Kier alpha value is -1.86. The number of hydrogen-bond donors (Lipinski definition) is 2. The van der Waals surface area contributed by atoms with E-state index < -0.39 is 0 Å². The third-order valence-electron chi connectivity index (χ3n) is 2.29. The molecule has 0 aliphatic rings. The Kier molecular flexibility index (Phi) is 2.66. The zero-order valence-electron chi connectivity index (χ0n) is 8.49. The molecule has 2 rings (SSSR count). The van der Waals surface area contributed by atoms with Crippen molar-refractivity contribution in [3.63, 3.8) is 0 Å². The highest BCUT2D eigenvalue weighted by Crippen LogP contribution is 2.11. The van der Waals surface area contributed by atoms with Crippen LogP contribution in [0.4, 0.5) is 0 Å². The van der Waals surface area contributed by atoms with Crippen molar-refractivity contribution in [1.82, 2.24) is 15.3 Å². The van der Waals surface area contributed by atoms with Crippen LogP contribution in [0, 0.1) is 11.3 Å². The number of imidazole rings is 1. The first-order chi connectivity index (χ1) is 7.29. The number of aromatic amines is 1. The Labute approximate surface area is 87.9 Å². The lowest BCUT2D eigenvalue weighted by Gasteiger charge is -2.05. The van der Waals surface area contributed by atoms with Crippen molar-refractivity contribution in [2.75, 3.05) is 0 Å². The number of benzene rings is 1. The first-order valence-electron chi connectivity index (χ1n) is 4.84. The summed E-state index contributed by atoms with van der Waals surface area (Å²) in [6.07, 6.45) is 1.68. The van der Waals surface area contributed by atoms with Gasteiger partial charge in [0.25, 0.3) is 0 Å². The molecular formula is C11H12N4. The van der Waals surface area contributed by atoms with E-state index >= 15 is 0 Å². The fraction of sp³-hybridized carbons (Fsp3) is 0.273. The van der Waals surface area contributed by atoms with Crippen LogP contribution in [0.25, 0.3) is 11.0 Å². The van der Waals surface area contributed by atoms with Crippen LogP contribution in [0.3, 0.4) is 0 Å². The van der Waals surface area contributed by atoms with Gasteiger partial charge in [0.1, 0.15) is 0 Å². The Morgan fingerprint density at radius 1 is 1.60 bits per heavy atom. The molecule has 0 aliphatic carbocycles. The van der Waals surface area contributed by atoms with Gasteiger partial charge in [0.05, 0.1) is 29.5 Å². The van der Waals surface area contributed by atoms with Gasteiger partial charge in [0.2, 0.25) is 0 Å². The normalized spacial score (nSPS) is 12.5. The van der Waals surface area contributed by atoms with Crippen molar-refractivity contribution in [1.29, 1.82) is 5.26 Å². The predicted molar refractivity (Wildman–Crippen MR) is 58.0 cm³/mol. The monoisotopic (exact) mass is 200 g/mol. The van der Waals surface area contributed by atoms with E-state index in [-0.39, 0.29) is 6.04 Å². The maximum absolute atomic E-state index is 8.62. The van der Waals surface area contributed by atoms with Gasteiger partial charge in [0, 0.05) is 6.54 Å². The molecule has 0 saturated heterocycles. The van der Waals surface area contributed by atoms with Crippen LogP contribution in [0.15, 0.2) is 24.5 Å². The maximum atomic E-state index is 8.62. The minimum atomic E-state index is -0.123. The molecule has 15 heavy (non-hydrogen) atoms. The lowest BCUT2D eigenvalue weighted by molar-refractivity contribution is 0.642. The highest BCUT2D eigenvalue weighted by atomic mass is 14.9. The van der Waals surface area contributed by atoms with Crippen molar-refractivity contribution in [2.24, 2.45) is 0 Å². The average molecular weight is 200 g/mol. The SMILES string of the molecule is CC(C#N)NCc1ccc2nc[nH]c2c1. The molecule has 1 unspecified atom stereocenters. The summed E-state index contributed by atoms with van der Waals surface area (Å²) in [4.78, 5) is 7.20. The fourth-order valence-corrected chi connectivity index (χ4v) is 1.41. The number of fused-ring (bicyclic) bond motifs is 1. The Morgan fingerprint density at radius 2 is 2.47 bits per heavy atom. The van der Waals surface area contributed by atoms with Crippen LogP contribution in [-0.4, -0.2) is 16.0 Å². The molecule has 0 radical (unpaired) electrons. The lowest BCUT2D eigenvalue weighted by atomic mass is 10.2. The number of rotatable bonds is 3. The maximum Gasteiger partial charge on any atom is 0.0931 e. The van der Waals surface area contributed by atoms with Crippen molar-refractivity contribution >= 4 is 11.0 Å². The highest BCUT2D eigenvalue weighted by Gasteiger charge is 2.00. The highest BCUT2D eigenvalue weighted by molar-refractivity contribution is 5.74. The molecule has 2 aromatic rings. The zero-order valence-corrected chi connectivity index (χ0v) is 8.49. The van der Waals surface area contributed by atoms with Crippen molar-refractivity contribution in [2.45, 2.75) is 19.5 Å². The van der Waals surface area contributed by atoms with E-state index in [4.69, 9.17) is 5.26 Å². The summed E-state index contributed by atoms with van der Waals surface area (Å²) < 4.78 is 0. The van der Waals surface area contributed by atoms with Crippen LogP contribution in [0.2, 0.25) is 0 Å². The molecule has 0 saturated carbocycles. The van der Waals surface area contributed by atoms with Crippen molar-refractivity contribution in [3.8, 4) is 6.07 Å². The summed E-state index contributed by atoms with van der Waals surface area (Å²) in [6.45, 7) is 2.54. The summed E-state index contributed by atoms with van der Waals surface area (Å²) in [7, 11) is 0.